The van der Waals surface area contributed by atoms with E-state index in [1.807, 2.05) is 24.3 Å². The van der Waals surface area contributed by atoms with Crippen LogP contribution in [0.1, 0.15) is 18.4 Å². The Morgan fingerprint density at radius 2 is 1.86 bits per heavy atom. The van der Waals surface area contributed by atoms with Gasteiger partial charge in [-0.15, -0.1) is 0 Å². The molecule has 1 heterocycles. The number of amides is 1. The van der Waals surface area contributed by atoms with Crippen LogP contribution in [-0.2, 0) is 16.0 Å². The van der Waals surface area contributed by atoms with Gasteiger partial charge in [0.05, 0.1) is 12.3 Å². The minimum Gasteiger partial charge on any atom is -0.481 e. The number of carbonyl (C=O) groups is 2. The van der Waals surface area contributed by atoms with Gasteiger partial charge in [0.1, 0.15) is 0 Å². The lowest BCUT2D eigenvalue weighted by molar-refractivity contribution is -0.142. The summed E-state index contributed by atoms with van der Waals surface area (Å²) in [5.41, 5.74) is 0.963. The van der Waals surface area contributed by atoms with Crippen LogP contribution < -0.4 is 0 Å². The standard InChI is InChI=1S/C16H18BrNO3/c17-12-5-1-10(2-6-12)7-15(19)18-8-13(11-3-4-11)14(9-18)16(20)21/h1-2,5-6,11,13-14H,3-4,7-9H2,(H,20,21)/t13-,14+/m1/s1. The van der Waals surface area contributed by atoms with E-state index in [0.29, 0.717) is 25.4 Å². The lowest BCUT2D eigenvalue weighted by Crippen LogP contribution is -2.31. The second kappa shape index (κ2) is 5.79. The van der Waals surface area contributed by atoms with Crippen LogP contribution in [0.25, 0.3) is 0 Å². The van der Waals surface area contributed by atoms with Gasteiger partial charge in [-0.1, -0.05) is 28.1 Å². The molecule has 1 aromatic rings. The Morgan fingerprint density at radius 1 is 1.19 bits per heavy atom. The number of aliphatic carboxylic acids is 1. The van der Waals surface area contributed by atoms with Crippen molar-refractivity contribution in [3.63, 3.8) is 0 Å². The van der Waals surface area contributed by atoms with E-state index in [0.717, 1.165) is 22.9 Å². The monoisotopic (exact) mass is 351 g/mol. The topological polar surface area (TPSA) is 57.6 Å². The van der Waals surface area contributed by atoms with Crippen LogP contribution in [0.15, 0.2) is 28.7 Å². The van der Waals surface area contributed by atoms with Crippen molar-refractivity contribution in [1.82, 2.24) is 4.90 Å². The summed E-state index contributed by atoms with van der Waals surface area (Å²) in [6, 6.07) is 7.68. The molecule has 1 aliphatic heterocycles. The van der Waals surface area contributed by atoms with Gasteiger partial charge in [0, 0.05) is 17.6 Å². The molecule has 3 rings (SSSR count). The average Bonchev–Trinajstić information content (AvgIpc) is 3.19. The fraction of sp³-hybridized carbons (Fsp3) is 0.500. The molecule has 1 N–H and O–H groups in total. The fourth-order valence-electron chi connectivity index (χ4n) is 3.18. The molecule has 0 unspecified atom stereocenters. The number of carboxylic acid groups (broad SMARTS) is 1. The first-order valence-electron chi connectivity index (χ1n) is 7.29. The minimum atomic E-state index is -0.758. The summed E-state index contributed by atoms with van der Waals surface area (Å²) < 4.78 is 0.986. The van der Waals surface area contributed by atoms with E-state index in [2.05, 4.69) is 15.9 Å². The van der Waals surface area contributed by atoms with Crippen molar-refractivity contribution in [2.45, 2.75) is 19.3 Å². The Hall–Kier alpha value is -1.36. The van der Waals surface area contributed by atoms with Crippen molar-refractivity contribution >= 4 is 27.8 Å². The summed E-state index contributed by atoms with van der Waals surface area (Å²) in [5.74, 6) is -0.447. The van der Waals surface area contributed by atoms with Crippen molar-refractivity contribution in [1.29, 1.82) is 0 Å². The van der Waals surface area contributed by atoms with E-state index in [4.69, 9.17) is 0 Å². The third kappa shape index (κ3) is 3.28. The Kier molecular flexibility index (Phi) is 4.02. The number of carboxylic acids is 1. The van der Waals surface area contributed by atoms with Crippen LogP contribution in [0.4, 0.5) is 0 Å². The SMILES string of the molecule is O=C(O)[C@H]1CN(C(=O)Cc2ccc(Br)cc2)C[C@@H]1C1CC1. The third-order valence-corrected chi connectivity index (χ3v) is 5.06. The molecule has 112 valence electrons. The largest absolute Gasteiger partial charge is 0.481 e. The molecule has 1 amide bonds. The Bertz CT molecular complexity index is 553. The van der Waals surface area contributed by atoms with Gasteiger partial charge < -0.3 is 10.0 Å². The number of nitrogens with zero attached hydrogens (tertiary/aromatic N) is 1. The zero-order valence-corrected chi connectivity index (χ0v) is 13.3. The maximum absolute atomic E-state index is 12.4. The van der Waals surface area contributed by atoms with E-state index >= 15 is 0 Å². The lowest BCUT2D eigenvalue weighted by atomic mass is 9.92. The molecular formula is C16H18BrNO3. The van der Waals surface area contributed by atoms with Gasteiger partial charge in [0.15, 0.2) is 0 Å². The smallest absolute Gasteiger partial charge is 0.308 e. The highest BCUT2D eigenvalue weighted by Crippen LogP contribution is 2.44. The van der Waals surface area contributed by atoms with Crippen molar-refractivity contribution in [2.24, 2.45) is 17.8 Å². The molecule has 2 fully saturated rings. The quantitative estimate of drug-likeness (QED) is 0.906. The lowest BCUT2D eigenvalue weighted by Gasteiger charge is -2.16. The fourth-order valence-corrected chi connectivity index (χ4v) is 3.45. The van der Waals surface area contributed by atoms with Crippen LogP contribution in [-0.4, -0.2) is 35.0 Å². The minimum absolute atomic E-state index is 0.0340. The summed E-state index contributed by atoms with van der Waals surface area (Å²) in [4.78, 5) is 25.5. The molecule has 2 aliphatic rings. The Morgan fingerprint density at radius 3 is 2.43 bits per heavy atom. The molecule has 1 saturated heterocycles. The first-order valence-corrected chi connectivity index (χ1v) is 8.09. The predicted octanol–water partition coefficient (Wildman–Crippen LogP) is 2.56. The highest BCUT2D eigenvalue weighted by atomic mass is 79.9. The summed E-state index contributed by atoms with van der Waals surface area (Å²) >= 11 is 3.37. The predicted molar refractivity (Wildman–Crippen MR) is 81.8 cm³/mol. The zero-order chi connectivity index (χ0) is 15.0. The molecule has 4 nitrogen and oxygen atoms in total. The number of rotatable bonds is 4. The number of likely N-dealkylation sites (tertiary alicyclic amines) is 1. The molecular weight excluding hydrogens is 334 g/mol. The second-order valence-corrected chi connectivity index (χ2v) is 6.96. The van der Waals surface area contributed by atoms with E-state index in [1.165, 1.54) is 0 Å². The second-order valence-electron chi connectivity index (χ2n) is 6.05. The molecule has 21 heavy (non-hydrogen) atoms. The summed E-state index contributed by atoms with van der Waals surface area (Å²) in [5, 5.41) is 9.34. The van der Waals surface area contributed by atoms with Gasteiger partial charge in [0.2, 0.25) is 5.91 Å². The van der Waals surface area contributed by atoms with Crippen LogP contribution in [0.2, 0.25) is 0 Å². The van der Waals surface area contributed by atoms with Crippen molar-refractivity contribution < 1.29 is 14.7 Å². The molecule has 0 radical (unpaired) electrons. The van der Waals surface area contributed by atoms with Gasteiger partial charge in [-0.3, -0.25) is 9.59 Å². The van der Waals surface area contributed by atoms with Gasteiger partial charge in [-0.05, 0) is 42.4 Å². The molecule has 0 bridgehead atoms. The third-order valence-electron chi connectivity index (χ3n) is 4.53. The average molecular weight is 352 g/mol. The first kappa shape index (κ1) is 14.6. The van der Waals surface area contributed by atoms with Crippen LogP contribution in [0.3, 0.4) is 0 Å². The first-order chi connectivity index (χ1) is 10.0. The number of halogens is 1. The maximum Gasteiger partial charge on any atom is 0.308 e. The van der Waals surface area contributed by atoms with E-state index < -0.39 is 5.97 Å². The van der Waals surface area contributed by atoms with E-state index in [-0.39, 0.29) is 17.7 Å². The number of benzene rings is 1. The summed E-state index contributed by atoms with van der Waals surface area (Å²) in [6.45, 7) is 0.975. The molecule has 1 saturated carbocycles. The maximum atomic E-state index is 12.4. The molecule has 1 aromatic carbocycles. The molecule has 1 aliphatic carbocycles. The van der Waals surface area contributed by atoms with E-state index in [1.54, 1.807) is 4.90 Å². The highest BCUT2D eigenvalue weighted by Gasteiger charge is 2.46. The molecule has 0 aromatic heterocycles. The number of carbonyl (C=O) groups excluding carboxylic acids is 1. The molecule has 2 atom stereocenters. The van der Waals surface area contributed by atoms with Gasteiger partial charge in [-0.2, -0.15) is 0 Å². The summed E-state index contributed by atoms with van der Waals surface area (Å²) in [7, 11) is 0. The van der Waals surface area contributed by atoms with Crippen molar-refractivity contribution in [2.75, 3.05) is 13.1 Å². The van der Waals surface area contributed by atoms with Crippen LogP contribution in [0.5, 0.6) is 0 Å². The van der Waals surface area contributed by atoms with Crippen molar-refractivity contribution in [3.8, 4) is 0 Å². The van der Waals surface area contributed by atoms with Gasteiger partial charge >= 0.3 is 5.97 Å². The normalized spacial score (nSPS) is 25.1. The van der Waals surface area contributed by atoms with Gasteiger partial charge in [-0.25, -0.2) is 0 Å². The number of hydrogen-bond donors (Lipinski definition) is 1. The van der Waals surface area contributed by atoms with Crippen LogP contribution >= 0.6 is 15.9 Å². The van der Waals surface area contributed by atoms with Crippen molar-refractivity contribution in [3.05, 3.63) is 34.3 Å². The highest BCUT2D eigenvalue weighted by molar-refractivity contribution is 9.10. The van der Waals surface area contributed by atoms with Gasteiger partial charge in [0.25, 0.3) is 0 Å². The molecule has 5 heteroatoms. The zero-order valence-electron chi connectivity index (χ0n) is 11.7. The summed E-state index contributed by atoms with van der Waals surface area (Å²) in [6.07, 6.45) is 2.57. The van der Waals surface area contributed by atoms with Crippen LogP contribution in [0, 0.1) is 17.8 Å². The number of hydrogen-bond acceptors (Lipinski definition) is 2. The molecule has 0 spiro atoms. The Balaban J connectivity index is 1.65. The Labute approximate surface area is 132 Å². The van der Waals surface area contributed by atoms with E-state index in [9.17, 15) is 14.7 Å².